The van der Waals surface area contributed by atoms with Gasteiger partial charge >= 0.3 is 6.03 Å². The highest BCUT2D eigenvalue weighted by Gasteiger charge is 2.31. The third-order valence-electron chi connectivity index (χ3n) is 8.23. The molecule has 0 fully saturated rings. The number of carbonyl (C=O) groups excluding carboxylic acids is 3. The summed E-state index contributed by atoms with van der Waals surface area (Å²) in [6.45, 7) is 6.43. The Kier molecular flexibility index (Phi) is 12.7. The number of carbonyl (C=O) groups is 3. The van der Waals surface area contributed by atoms with E-state index in [0.29, 0.717) is 35.8 Å². The number of amides is 4. The lowest BCUT2D eigenvalue weighted by molar-refractivity contribution is -0.0149. The van der Waals surface area contributed by atoms with Crippen LogP contribution in [0.15, 0.2) is 72.8 Å². The van der Waals surface area contributed by atoms with Crippen LogP contribution in [-0.4, -0.2) is 84.4 Å². The van der Waals surface area contributed by atoms with Crippen LogP contribution < -0.4 is 15.4 Å². The summed E-state index contributed by atoms with van der Waals surface area (Å²) in [7, 11) is 1.74. The standard InChI is InChI=1S/C36H45FN4O6/c1-24-21-41(25(2)23-42)35(44)31-20-30(39-36(45)38-29-15-13-28(37)14-16-29)17-18-32(31)47-26(3)10-8-9-19-46-33(24)22-40(4)34(43)27-11-6-5-7-12-27/h5-7,11-18,20,24-26,33,42H,8-10,19,21-23H2,1-4H3,(H2,38,39,45)/t24-,25-,26-,33-/m0/s1. The molecule has 10 nitrogen and oxygen atoms in total. The maximum atomic E-state index is 14.3. The number of halogens is 1. The molecule has 1 aliphatic rings. The molecule has 0 radical (unpaired) electrons. The zero-order chi connectivity index (χ0) is 33.9. The molecule has 0 bridgehead atoms. The second kappa shape index (κ2) is 16.9. The SMILES string of the molecule is C[C@H]1CCCCO[C@@H](CN(C)C(=O)c2ccccc2)[C@@H](C)CN([C@@H](C)CO)C(=O)c2cc(NC(=O)Nc3ccc(F)cc3)ccc2O1. The largest absolute Gasteiger partial charge is 0.490 e. The highest BCUT2D eigenvalue weighted by atomic mass is 19.1. The summed E-state index contributed by atoms with van der Waals surface area (Å²) in [6.07, 6.45) is 1.76. The Labute approximate surface area is 275 Å². The van der Waals surface area contributed by atoms with Crippen molar-refractivity contribution in [2.45, 2.75) is 58.3 Å². The number of benzene rings is 3. The Bertz CT molecular complexity index is 1490. The van der Waals surface area contributed by atoms with Crippen molar-refractivity contribution in [2.75, 3.05) is 44.0 Å². The Balaban J connectivity index is 1.60. The zero-order valence-corrected chi connectivity index (χ0v) is 27.4. The minimum Gasteiger partial charge on any atom is -0.490 e. The number of fused-ring (bicyclic) bond motifs is 1. The third kappa shape index (κ3) is 10.0. The van der Waals surface area contributed by atoms with Gasteiger partial charge in [0, 0.05) is 49.6 Å². The highest BCUT2D eigenvalue weighted by molar-refractivity contribution is 6.02. The van der Waals surface area contributed by atoms with Gasteiger partial charge in [-0.15, -0.1) is 0 Å². The molecular formula is C36H45FN4O6. The smallest absolute Gasteiger partial charge is 0.323 e. The molecule has 0 aromatic heterocycles. The molecular weight excluding hydrogens is 603 g/mol. The summed E-state index contributed by atoms with van der Waals surface area (Å²) in [4.78, 5) is 43.4. The van der Waals surface area contributed by atoms with Gasteiger partial charge in [0.1, 0.15) is 11.6 Å². The molecule has 47 heavy (non-hydrogen) atoms. The van der Waals surface area contributed by atoms with Crippen LogP contribution in [0.4, 0.5) is 20.6 Å². The molecule has 4 amide bonds. The van der Waals surface area contributed by atoms with Crippen molar-refractivity contribution in [3.63, 3.8) is 0 Å². The minimum absolute atomic E-state index is 0.124. The second-order valence-corrected chi connectivity index (χ2v) is 12.1. The van der Waals surface area contributed by atoms with Crippen LogP contribution >= 0.6 is 0 Å². The second-order valence-electron chi connectivity index (χ2n) is 12.1. The van der Waals surface area contributed by atoms with Gasteiger partial charge in [-0.1, -0.05) is 25.1 Å². The van der Waals surface area contributed by atoms with E-state index in [2.05, 4.69) is 10.6 Å². The average Bonchev–Trinajstić information content (AvgIpc) is 3.07. The molecule has 1 heterocycles. The Morgan fingerprint density at radius 2 is 1.70 bits per heavy atom. The van der Waals surface area contributed by atoms with Crippen LogP contribution in [0.3, 0.4) is 0 Å². The van der Waals surface area contributed by atoms with Crippen molar-refractivity contribution in [3.8, 4) is 5.75 Å². The van der Waals surface area contributed by atoms with E-state index in [1.165, 1.54) is 24.3 Å². The van der Waals surface area contributed by atoms with E-state index in [-0.39, 0.29) is 48.7 Å². The number of rotatable bonds is 7. The molecule has 3 aromatic rings. The number of hydrogen-bond acceptors (Lipinski definition) is 6. The predicted octanol–water partition coefficient (Wildman–Crippen LogP) is 6.04. The van der Waals surface area contributed by atoms with Crippen molar-refractivity contribution < 1.29 is 33.4 Å². The first-order valence-electron chi connectivity index (χ1n) is 16.0. The van der Waals surface area contributed by atoms with Crippen LogP contribution in [-0.2, 0) is 4.74 Å². The Morgan fingerprint density at radius 3 is 2.40 bits per heavy atom. The molecule has 11 heteroatoms. The summed E-state index contributed by atoms with van der Waals surface area (Å²) in [5.41, 5.74) is 1.56. The number of nitrogens with one attached hydrogen (secondary N) is 2. The quantitative estimate of drug-likeness (QED) is 0.288. The van der Waals surface area contributed by atoms with Crippen molar-refractivity contribution in [2.24, 2.45) is 5.92 Å². The normalized spacial score (nSPS) is 19.8. The molecule has 0 saturated heterocycles. The van der Waals surface area contributed by atoms with E-state index in [0.717, 1.165) is 19.3 Å². The summed E-state index contributed by atoms with van der Waals surface area (Å²) < 4.78 is 25.9. The number of nitrogens with zero attached hydrogens (tertiary/aromatic N) is 2. The van der Waals surface area contributed by atoms with Crippen molar-refractivity contribution >= 4 is 29.2 Å². The third-order valence-corrected chi connectivity index (χ3v) is 8.23. The molecule has 252 valence electrons. The summed E-state index contributed by atoms with van der Waals surface area (Å²) in [6, 6.07) is 18.2. The molecule has 0 spiro atoms. The summed E-state index contributed by atoms with van der Waals surface area (Å²) in [5, 5.41) is 15.6. The van der Waals surface area contributed by atoms with E-state index in [1.54, 1.807) is 54.1 Å². The lowest BCUT2D eigenvalue weighted by atomic mass is 10.0. The van der Waals surface area contributed by atoms with Crippen LogP contribution in [0, 0.1) is 11.7 Å². The van der Waals surface area contributed by atoms with E-state index in [1.807, 2.05) is 32.0 Å². The lowest BCUT2D eigenvalue weighted by Crippen LogP contribution is -2.48. The number of anilines is 2. The maximum absolute atomic E-state index is 14.3. The van der Waals surface area contributed by atoms with Gasteiger partial charge in [-0.05, 0) is 87.7 Å². The fraction of sp³-hybridized carbons (Fsp3) is 0.417. The molecule has 3 aromatic carbocycles. The number of hydrogen-bond donors (Lipinski definition) is 3. The first-order chi connectivity index (χ1) is 22.5. The monoisotopic (exact) mass is 648 g/mol. The average molecular weight is 649 g/mol. The zero-order valence-electron chi connectivity index (χ0n) is 27.4. The van der Waals surface area contributed by atoms with Crippen LogP contribution in [0.25, 0.3) is 0 Å². The fourth-order valence-corrected chi connectivity index (χ4v) is 5.44. The number of urea groups is 1. The van der Waals surface area contributed by atoms with E-state index >= 15 is 0 Å². The van der Waals surface area contributed by atoms with Gasteiger partial charge in [0.15, 0.2) is 0 Å². The maximum Gasteiger partial charge on any atom is 0.323 e. The predicted molar refractivity (Wildman–Crippen MR) is 179 cm³/mol. The number of ether oxygens (including phenoxy) is 2. The van der Waals surface area contributed by atoms with Gasteiger partial charge in [-0.2, -0.15) is 0 Å². The molecule has 0 unspecified atom stereocenters. The molecule has 4 rings (SSSR count). The van der Waals surface area contributed by atoms with E-state index in [9.17, 15) is 23.9 Å². The minimum atomic E-state index is -0.567. The summed E-state index contributed by atoms with van der Waals surface area (Å²) in [5.74, 6) is -0.772. The van der Waals surface area contributed by atoms with Gasteiger partial charge in [0.25, 0.3) is 11.8 Å². The highest BCUT2D eigenvalue weighted by Crippen LogP contribution is 2.29. The number of aliphatic hydroxyl groups is 1. The number of likely N-dealkylation sites (N-methyl/N-ethyl adjacent to an activating group) is 1. The molecule has 0 saturated carbocycles. The topological polar surface area (TPSA) is 120 Å². The van der Waals surface area contributed by atoms with Crippen molar-refractivity contribution in [1.29, 1.82) is 0 Å². The van der Waals surface area contributed by atoms with Gasteiger partial charge in [-0.25, -0.2) is 9.18 Å². The summed E-state index contributed by atoms with van der Waals surface area (Å²) >= 11 is 0. The molecule has 1 aliphatic heterocycles. The number of aliphatic hydroxyl groups excluding tert-OH is 1. The van der Waals surface area contributed by atoms with E-state index < -0.39 is 17.9 Å². The van der Waals surface area contributed by atoms with E-state index in [4.69, 9.17) is 9.47 Å². The molecule has 4 atom stereocenters. The van der Waals surface area contributed by atoms with Crippen molar-refractivity contribution in [1.82, 2.24) is 9.80 Å². The van der Waals surface area contributed by atoms with Crippen LogP contribution in [0.5, 0.6) is 5.75 Å². The lowest BCUT2D eigenvalue weighted by Gasteiger charge is -2.36. The van der Waals surface area contributed by atoms with Crippen LogP contribution in [0.2, 0.25) is 0 Å². The fourth-order valence-electron chi connectivity index (χ4n) is 5.44. The van der Waals surface area contributed by atoms with Gasteiger partial charge in [0.2, 0.25) is 0 Å². The Hall–Kier alpha value is -4.48. The van der Waals surface area contributed by atoms with Gasteiger partial charge < -0.3 is 35.0 Å². The Morgan fingerprint density at radius 1 is 1.02 bits per heavy atom. The molecule has 0 aliphatic carbocycles. The van der Waals surface area contributed by atoms with Crippen LogP contribution in [0.1, 0.15) is 60.7 Å². The molecule has 3 N–H and O–H groups in total. The van der Waals surface area contributed by atoms with Gasteiger partial charge in [-0.3, -0.25) is 9.59 Å². The van der Waals surface area contributed by atoms with Crippen molar-refractivity contribution in [3.05, 3.63) is 89.7 Å². The first kappa shape index (κ1) is 35.4. The van der Waals surface area contributed by atoms with Gasteiger partial charge in [0.05, 0.1) is 30.4 Å². The first-order valence-corrected chi connectivity index (χ1v) is 16.0.